The SMILES string of the molecule is C/C(=N\NS(=O)(=O)c1ccc([N+](=O)[O-])cc1)c1c[nH]c2ccccc12. The second-order valence-electron chi connectivity index (χ2n) is 5.29. The van der Waals surface area contributed by atoms with Gasteiger partial charge in [-0.3, -0.25) is 10.1 Å². The van der Waals surface area contributed by atoms with Crippen LogP contribution >= 0.6 is 0 Å². The minimum atomic E-state index is -3.91. The Morgan fingerprint density at radius 2 is 1.84 bits per heavy atom. The predicted molar refractivity (Wildman–Crippen MR) is 93.9 cm³/mol. The zero-order chi connectivity index (χ0) is 18.0. The van der Waals surface area contributed by atoms with Crippen LogP contribution < -0.4 is 4.83 Å². The number of nitrogens with zero attached hydrogens (tertiary/aromatic N) is 2. The quantitative estimate of drug-likeness (QED) is 0.414. The van der Waals surface area contributed by atoms with Gasteiger partial charge in [0.2, 0.25) is 0 Å². The average molecular weight is 358 g/mol. The number of rotatable bonds is 5. The van der Waals surface area contributed by atoms with Crippen molar-refractivity contribution in [2.75, 3.05) is 0 Å². The minimum Gasteiger partial charge on any atom is -0.360 e. The normalized spacial score (nSPS) is 12.3. The van der Waals surface area contributed by atoms with Crippen LogP contribution in [0.25, 0.3) is 10.9 Å². The molecule has 0 aliphatic carbocycles. The number of aromatic amines is 1. The van der Waals surface area contributed by atoms with Crippen LogP contribution in [0.4, 0.5) is 5.69 Å². The zero-order valence-corrected chi connectivity index (χ0v) is 13.9. The summed E-state index contributed by atoms with van der Waals surface area (Å²) in [6.45, 7) is 1.69. The molecule has 1 heterocycles. The summed E-state index contributed by atoms with van der Waals surface area (Å²) in [5.41, 5.74) is 2.01. The van der Waals surface area contributed by atoms with Crippen molar-refractivity contribution in [1.29, 1.82) is 0 Å². The van der Waals surface area contributed by atoms with Gasteiger partial charge in [0.15, 0.2) is 0 Å². The number of nitro benzene ring substituents is 1. The molecule has 0 radical (unpaired) electrons. The minimum absolute atomic E-state index is 0.103. The maximum Gasteiger partial charge on any atom is 0.276 e. The van der Waals surface area contributed by atoms with E-state index in [0.717, 1.165) is 40.7 Å². The van der Waals surface area contributed by atoms with Gasteiger partial charge >= 0.3 is 0 Å². The van der Waals surface area contributed by atoms with E-state index < -0.39 is 14.9 Å². The van der Waals surface area contributed by atoms with Gasteiger partial charge in [0.1, 0.15) is 0 Å². The fraction of sp³-hybridized carbons (Fsp3) is 0.0625. The van der Waals surface area contributed by atoms with Gasteiger partial charge in [0, 0.05) is 34.8 Å². The van der Waals surface area contributed by atoms with Crippen molar-refractivity contribution in [3.8, 4) is 0 Å². The maximum atomic E-state index is 12.3. The van der Waals surface area contributed by atoms with Crippen LogP contribution in [0.2, 0.25) is 0 Å². The van der Waals surface area contributed by atoms with Crippen molar-refractivity contribution in [2.45, 2.75) is 11.8 Å². The van der Waals surface area contributed by atoms with E-state index in [1.807, 2.05) is 24.3 Å². The number of nitro groups is 1. The number of H-pyrrole nitrogens is 1. The average Bonchev–Trinajstić information content (AvgIpc) is 3.04. The van der Waals surface area contributed by atoms with Gasteiger partial charge in [-0.15, -0.1) is 0 Å². The summed E-state index contributed by atoms with van der Waals surface area (Å²) < 4.78 is 24.5. The van der Waals surface area contributed by atoms with E-state index in [1.54, 1.807) is 13.1 Å². The second-order valence-corrected chi connectivity index (χ2v) is 6.95. The Kier molecular flexibility index (Phi) is 4.24. The molecule has 0 saturated carbocycles. The van der Waals surface area contributed by atoms with E-state index in [0.29, 0.717) is 5.71 Å². The Hall–Kier alpha value is -3.20. The molecule has 0 amide bonds. The first kappa shape index (κ1) is 16.7. The number of sulfonamides is 1. The summed E-state index contributed by atoms with van der Waals surface area (Å²) in [7, 11) is -3.91. The Bertz CT molecular complexity index is 1070. The van der Waals surface area contributed by atoms with Crippen molar-refractivity contribution in [1.82, 2.24) is 9.82 Å². The van der Waals surface area contributed by atoms with Gasteiger partial charge in [-0.05, 0) is 25.1 Å². The second kappa shape index (κ2) is 6.36. The van der Waals surface area contributed by atoms with Crippen LogP contribution in [0.3, 0.4) is 0 Å². The number of aromatic nitrogens is 1. The summed E-state index contributed by atoms with van der Waals surface area (Å²) in [6, 6.07) is 12.2. The highest BCUT2D eigenvalue weighted by Crippen LogP contribution is 2.19. The Morgan fingerprint density at radius 1 is 1.16 bits per heavy atom. The van der Waals surface area contributed by atoms with Crippen LogP contribution in [-0.2, 0) is 10.0 Å². The van der Waals surface area contributed by atoms with Crippen molar-refractivity contribution in [3.63, 3.8) is 0 Å². The first-order valence-corrected chi connectivity index (χ1v) is 8.74. The van der Waals surface area contributed by atoms with Crippen molar-refractivity contribution in [2.24, 2.45) is 5.10 Å². The fourth-order valence-corrected chi connectivity index (χ4v) is 3.22. The van der Waals surface area contributed by atoms with Crippen molar-refractivity contribution in [3.05, 3.63) is 70.4 Å². The lowest BCUT2D eigenvalue weighted by atomic mass is 10.1. The third kappa shape index (κ3) is 3.36. The molecule has 0 unspecified atom stereocenters. The molecule has 0 fully saturated rings. The molecule has 0 saturated heterocycles. The number of hydrazone groups is 1. The van der Waals surface area contributed by atoms with Gasteiger partial charge in [-0.2, -0.15) is 18.4 Å². The highest BCUT2D eigenvalue weighted by molar-refractivity contribution is 7.89. The molecule has 3 rings (SSSR count). The van der Waals surface area contributed by atoms with Crippen LogP contribution in [0, 0.1) is 10.1 Å². The molecule has 128 valence electrons. The number of non-ortho nitro benzene ring substituents is 1. The third-order valence-corrected chi connectivity index (χ3v) is 4.89. The number of hydrogen-bond acceptors (Lipinski definition) is 5. The molecule has 2 aromatic carbocycles. The molecular formula is C16H14N4O4S. The van der Waals surface area contributed by atoms with Crippen LogP contribution in [0.5, 0.6) is 0 Å². The summed E-state index contributed by atoms with van der Waals surface area (Å²) in [5, 5.41) is 15.5. The summed E-state index contributed by atoms with van der Waals surface area (Å²) in [6.07, 6.45) is 1.75. The van der Waals surface area contributed by atoms with Crippen LogP contribution in [0.15, 0.2) is 64.7 Å². The van der Waals surface area contributed by atoms with E-state index in [1.165, 1.54) is 0 Å². The van der Waals surface area contributed by atoms with E-state index in [4.69, 9.17) is 0 Å². The Morgan fingerprint density at radius 3 is 2.52 bits per heavy atom. The first-order chi connectivity index (χ1) is 11.9. The monoisotopic (exact) mass is 358 g/mol. The molecule has 2 N–H and O–H groups in total. The molecule has 8 nitrogen and oxygen atoms in total. The fourth-order valence-electron chi connectivity index (χ4n) is 2.36. The van der Waals surface area contributed by atoms with E-state index in [9.17, 15) is 18.5 Å². The molecule has 0 aliphatic heterocycles. The number of benzene rings is 2. The summed E-state index contributed by atoms with van der Waals surface area (Å²) in [4.78, 5) is 15.2. The van der Waals surface area contributed by atoms with Crippen LogP contribution in [-0.4, -0.2) is 24.0 Å². The number of hydrogen-bond donors (Lipinski definition) is 2. The standard InChI is InChI=1S/C16H14N4O4S/c1-11(15-10-17-16-5-3-2-4-14(15)16)18-19-25(23,24)13-8-6-12(7-9-13)20(21)22/h2-10,17,19H,1H3/b18-11+. The molecule has 0 aliphatic rings. The number of para-hydroxylation sites is 1. The lowest BCUT2D eigenvalue weighted by Crippen LogP contribution is -2.19. The van der Waals surface area contributed by atoms with Crippen molar-refractivity contribution >= 4 is 32.3 Å². The van der Waals surface area contributed by atoms with Gasteiger partial charge in [-0.1, -0.05) is 18.2 Å². The number of nitrogens with one attached hydrogen (secondary N) is 2. The largest absolute Gasteiger partial charge is 0.360 e. The van der Waals surface area contributed by atoms with Gasteiger partial charge in [-0.25, -0.2) is 0 Å². The first-order valence-electron chi connectivity index (χ1n) is 7.25. The lowest BCUT2D eigenvalue weighted by Gasteiger charge is -2.05. The Labute approximate surface area is 143 Å². The molecule has 9 heteroatoms. The molecule has 3 aromatic rings. The topological polar surface area (TPSA) is 117 Å². The molecule has 0 bridgehead atoms. The lowest BCUT2D eigenvalue weighted by molar-refractivity contribution is -0.384. The smallest absolute Gasteiger partial charge is 0.276 e. The van der Waals surface area contributed by atoms with Gasteiger partial charge in [0.05, 0.1) is 15.5 Å². The molecule has 25 heavy (non-hydrogen) atoms. The summed E-state index contributed by atoms with van der Waals surface area (Å²) in [5.74, 6) is 0. The van der Waals surface area contributed by atoms with Gasteiger partial charge < -0.3 is 4.98 Å². The van der Waals surface area contributed by atoms with E-state index >= 15 is 0 Å². The van der Waals surface area contributed by atoms with Gasteiger partial charge in [0.25, 0.3) is 15.7 Å². The highest BCUT2D eigenvalue weighted by Gasteiger charge is 2.15. The van der Waals surface area contributed by atoms with E-state index in [2.05, 4.69) is 14.9 Å². The predicted octanol–water partition coefficient (Wildman–Crippen LogP) is 2.78. The molecule has 0 spiro atoms. The maximum absolute atomic E-state index is 12.3. The highest BCUT2D eigenvalue weighted by atomic mass is 32.2. The van der Waals surface area contributed by atoms with Crippen molar-refractivity contribution < 1.29 is 13.3 Å². The number of fused-ring (bicyclic) bond motifs is 1. The molecule has 1 aromatic heterocycles. The van der Waals surface area contributed by atoms with E-state index in [-0.39, 0.29) is 10.6 Å². The third-order valence-electron chi connectivity index (χ3n) is 3.67. The summed E-state index contributed by atoms with van der Waals surface area (Å²) >= 11 is 0. The van der Waals surface area contributed by atoms with Crippen LogP contribution in [0.1, 0.15) is 12.5 Å². The Balaban J connectivity index is 1.85. The molecule has 0 atom stereocenters. The zero-order valence-electron chi connectivity index (χ0n) is 13.1. The molecular weight excluding hydrogens is 344 g/mol.